The molecule has 0 saturated carbocycles. The summed E-state index contributed by atoms with van der Waals surface area (Å²) in [4.78, 5) is 0. The van der Waals surface area contributed by atoms with Gasteiger partial charge in [-0.2, -0.15) is 0 Å². The fraction of sp³-hybridized carbons (Fsp3) is 0. The van der Waals surface area contributed by atoms with Crippen molar-refractivity contribution < 1.29 is 0 Å². The third-order valence-electron chi connectivity index (χ3n) is 1.73. The summed E-state index contributed by atoms with van der Waals surface area (Å²) in [6.45, 7) is 0. The Morgan fingerprint density at radius 1 is 0.818 bits per heavy atom. The van der Waals surface area contributed by atoms with Gasteiger partial charge in [0.1, 0.15) is 0 Å². The Morgan fingerprint density at radius 2 is 1.55 bits per heavy atom. The van der Waals surface area contributed by atoms with E-state index >= 15 is 0 Å². The summed E-state index contributed by atoms with van der Waals surface area (Å²) in [6.07, 6.45) is 0. The van der Waals surface area contributed by atoms with E-state index in [1.807, 2.05) is 0 Å². The zero-order chi connectivity index (χ0) is 7.68. The van der Waals surface area contributed by atoms with Crippen LogP contribution in [0.2, 0.25) is 0 Å². The van der Waals surface area contributed by atoms with Crippen LogP contribution in [-0.2, 0) is 0 Å². The molecule has 0 unspecified atom stereocenters. The van der Waals surface area contributed by atoms with Gasteiger partial charge >= 0.3 is 81.2 Å². The van der Waals surface area contributed by atoms with Crippen LogP contribution in [0.15, 0.2) is 42.5 Å². The van der Waals surface area contributed by atoms with Crippen LogP contribution in [0.1, 0.15) is 0 Å². The van der Waals surface area contributed by atoms with Gasteiger partial charge in [-0.15, -0.1) is 0 Å². The fourth-order valence-corrected chi connectivity index (χ4v) is 2.01. The van der Waals surface area contributed by atoms with Crippen molar-refractivity contribution in [3.05, 3.63) is 42.5 Å². The molecule has 0 fully saturated rings. The van der Waals surface area contributed by atoms with E-state index in [-0.39, 0.29) is 0 Å². The van der Waals surface area contributed by atoms with Crippen molar-refractivity contribution >= 4 is 38.8 Å². The fourth-order valence-electron chi connectivity index (χ4n) is 1.18. The van der Waals surface area contributed by atoms with E-state index in [0.717, 1.165) is 0 Å². The van der Waals surface area contributed by atoms with Crippen LogP contribution in [0.5, 0.6) is 0 Å². The monoisotopic (exact) mass is 336 g/mol. The van der Waals surface area contributed by atoms with Crippen molar-refractivity contribution in [2.45, 2.75) is 0 Å². The van der Waals surface area contributed by atoms with E-state index in [0.29, 0.717) is 0 Å². The molecular formula is C10H7Bi+2. The molecule has 0 atom stereocenters. The van der Waals surface area contributed by atoms with Gasteiger partial charge in [-0.25, -0.2) is 0 Å². The number of rotatable bonds is 0. The summed E-state index contributed by atoms with van der Waals surface area (Å²) in [6, 6.07) is 15.1. The molecule has 0 aliphatic rings. The van der Waals surface area contributed by atoms with Crippen LogP contribution in [0.3, 0.4) is 0 Å². The molecule has 50 valence electrons. The van der Waals surface area contributed by atoms with E-state index in [4.69, 9.17) is 0 Å². The van der Waals surface area contributed by atoms with Crippen molar-refractivity contribution in [2.75, 3.05) is 0 Å². The Morgan fingerprint density at radius 3 is 2.36 bits per heavy atom. The first-order valence-corrected chi connectivity index (χ1v) is 5.28. The van der Waals surface area contributed by atoms with Crippen molar-refractivity contribution in [1.82, 2.24) is 0 Å². The Kier molecular flexibility index (Phi) is 1.91. The third-order valence-corrected chi connectivity index (χ3v) is 2.81. The Labute approximate surface area is 81.1 Å². The van der Waals surface area contributed by atoms with Gasteiger partial charge in [-0.1, -0.05) is 0 Å². The molecule has 2 aromatic rings. The predicted octanol–water partition coefficient (Wildman–Crippen LogP) is 1.63. The van der Waals surface area contributed by atoms with E-state index in [9.17, 15) is 0 Å². The molecular weight excluding hydrogens is 329 g/mol. The molecule has 0 nitrogen and oxygen atoms in total. The summed E-state index contributed by atoms with van der Waals surface area (Å²) in [5.74, 6) is 0. The van der Waals surface area contributed by atoms with Crippen LogP contribution in [0.4, 0.5) is 0 Å². The quantitative estimate of drug-likeness (QED) is 0.642. The Balaban J connectivity index is 2.83. The molecule has 11 heavy (non-hydrogen) atoms. The van der Waals surface area contributed by atoms with E-state index < -0.39 is 0 Å². The molecule has 0 spiro atoms. The van der Waals surface area contributed by atoms with Gasteiger partial charge in [-0.3, -0.25) is 0 Å². The molecule has 0 N–H and O–H groups in total. The molecule has 2 aromatic carbocycles. The summed E-state index contributed by atoms with van der Waals surface area (Å²) >= 11 is 1.34. The average Bonchev–Trinajstić information content (AvgIpc) is 2.04. The first-order valence-electron chi connectivity index (χ1n) is 3.54. The van der Waals surface area contributed by atoms with Gasteiger partial charge in [0.2, 0.25) is 0 Å². The van der Waals surface area contributed by atoms with Crippen LogP contribution in [0, 0.1) is 0 Å². The SMILES string of the molecule is [Bi+2][c]1ccc2ccccc2c1. The molecule has 0 aromatic heterocycles. The van der Waals surface area contributed by atoms with Gasteiger partial charge < -0.3 is 0 Å². The second-order valence-electron chi connectivity index (χ2n) is 2.53. The van der Waals surface area contributed by atoms with Gasteiger partial charge in [0.05, 0.1) is 0 Å². The third kappa shape index (κ3) is 1.44. The molecule has 2 rings (SSSR count). The van der Waals surface area contributed by atoms with E-state index in [1.54, 1.807) is 0 Å². The Bertz CT molecular complexity index is 379. The van der Waals surface area contributed by atoms with Crippen molar-refractivity contribution in [2.24, 2.45) is 0 Å². The van der Waals surface area contributed by atoms with E-state index in [2.05, 4.69) is 42.5 Å². The maximum absolute atomic E-state index is 2.25. The van der Waals surface area contributed by atoms with Gasteiger partial charge in [0, 0.05) is 0 Å². The zero-order valence-electron chi connectivity index (χ0n) is 5.99. The van der Waals surface area contributed by atoms with Gasteiger partial charge in [-0.05, 0) is 0 Å². The maximum atomic E-state index is 2.25. The molecule has 0 bridgehead atoms. The molecule has 0 amide bonds. The molecule has 1 heteroatoms. The molecule has 0 saturated heterocycles. The molecule has 2 radical (unpaired) electrons. The minimum atomic E-state index is 1.34. The van der Waals surface area contributed by atoms with Gasteiger partial charge in [0.15, 0.2) is 0 Å². The van der Waals surface area contributed by atoms with Gasteiger partial charge in [0.25, 0.3) is 0 Å². The topological polar surface area (TPSA) is 0 Å². The first-order chi connectivity index (χ1) is 5.36. The summed E-state index contributed by atoms with van der Waals surface area (Å²) in [5.41, 5.74) is 0. The standard InChI is InChI=1S/C10H7.Bi/c1-2-6-10-8-4-3-7-9(10)5-1;/h1-3,5-8H;/q;+2. The van der Waals surface area contributed by atoms with Crippen molar-refractivity contribution in [1.29, 1.82) is 0 Å². The second kappa shape index (κ2) is 2.91. The summed E-state index contributed by atoms with van der Waals surface area (Å²) < 4.78 is 1.43. The normalized spacial score (nSPS) is 10.2. The van der Waals surface area contributed by atoms with E-state index in [1.165, 1.54) is 38.8 Å². The van der Waals surface area contributed by atoms with Crippen molar-refractivity contribution in [3.8, 4) is 0 Å². The van der Waals surface area contributed by atoms with Crippen LogP contribution in [-0.4, -0.2) is 24.7 Å². The number of hydrogen-bond donors (Lipinski definition) is 0. The Hall–Kier alpha value is -0.417. The second-order valence-corrected chi connectivity index (χ2v) is 4.54. The number of hydrogen-bond acceptors (Lipinski definition) is 0. The predicted molar refractivity (Wildman–Crippen MR) is 49.3 cm³/mol. The first kappa shape index (κ1) is 7.24. The molecule has 0 aliphatic heterocycles. The van der Waals surface area contributed by atoms with Crippen molar-refractivity contribution in [3.63, 3.8) is 0 Å². The van der Waals surface area contributed by atoms with Crippen LogP contribution >= 0.6 is 0 Å². The zero-order valence-corrected chi connectivity index (χ0v) is 9.47. The van der Waals surface area contributed by atoms with Crippen LogP contribution < -0.4 is 3.27 Å². The molecule has 0 aliphatic carbocycles. The average molecular weight is 336 g/mol. The summed E-state index contributed by atoms with van der Waals surface area (Å²) in [5, 5.41) is 2.69. The minimum absolute atomic E-state index is 1.34. The number of benzene rings is 2. The summed E-state index contributed by atoms with van der Waals surface area (Å²) in [7, 11) is 0. The molecule has 0 heterocycles. The number of fused-ring (bicyclic) bond motifs is 1. The van der Waals surface area contributed by atoms with Crippen LogP contribution in [0.25, 0.3) is 10.8 Å².